The van der Waals surface area contributed by atoms with E-state index in [1.165, 1.54) is 48.0 Å². The molecule has 0 N–H and O–H groups in total. The molecule has 0 heterocycles. The molecule has 0 saturated carbocycles. The van der Waals surface area contributed by atoms with E-state index in [4.69, 9.17) is 4.74 Å². The molecule has 0 atom stereocenters. The van der Waals surface area contributed by atoms with E-state index >= 15 is 0 Å². The highest BCUT2D eigenvalue weighted by molar-refractivity contribution is 5.66. The van der Waals surface area contributed by atoms with Gasteiger partial charge in [0.05, 0.1) is 0 Å². The number of hydrogen-bond acceptors (Lipinski definition) is 1. The third-order valence-electron chi connectivity index (χ3n) is 5.56. The van der Waals surface area contributed by atoms with Crippen LogP contribution in [-0.2, 0) is 6.42 Å². The van der Waals surface area contributed by atoms with Crippen LogP contribution in [0.25, 0.3) is 28.3 Å². The van der Waals surface area contributed by atoms with Gasteiger partial charge in [0.2, 0.25) is 0 Å². The third-order valence-corrected chi connectivity index (χ3v) is 5.56. The van der Waals surface area contributed by atoms with E-state index in [9.17, 15) is 17.6 Å². The van der Waals surface area contributed by atoms with Gasteiger partial charge in [0, 0.05) is 17.7 Å². The Hall–Kier alpha value is -3.86. The van der Waals surface area contributed by atoms with E-state index in [0.717, 1.165) is 30.0 Å². The van der Waals surface area contributed by atoms with Gasteiger partial charge in [-0.3, -0.25) is 0 Å². The highest BCUT2D eigenvalue weighted by Gasteiger charge is 2.28. The first-order valence-electron chi connectivity index (χ1n) is 11.3. The molecule has 0 radical (unpaired) electrons. The Labute approximate surface area is 202 Å². The van der Waals surface area contributed by atoms with Crippen LogP contribution in [0.5, 0.6) is 5.75 Å². The highest BCUT2D eigenvalue weighted by atomic mass is 19.3. The lowest BCUT2D eigenvalue weighted by atomic mass is 10.0. The summed E-state index contributed by atoms with van der Waals surface area (Å²) in [6.45, 7) is 2.14. The maximum Gasteiger partial charge on any atom is 0.419 e. The van der Waals surface area contributed by atoms with Crippen molar-refractivity contribution in [3.8, 4) is 28.0 Å². The Bertz CT molecular complexity index is 1290. The van der Waals surface area contributed by atoms with Crippen LogP contribution in [0.15, 0.2) is 97.1 Å². The van der Waals surface area contributed by atoms with Gasteiger partial charge in [0.15, 0.2) is 0 Å². The molecular formula is C30H24F4O. The zero-order valence-electron chi connectivity index (χ0n) is 19.1. The predicted octanol–water partition coefficient (Wildman–Crippen LogP) is 8.94. The monoisotopic (exact) mass is 476 g/mol. The fraction of sp³-hybridized carbons (Fsp3) is 0.133. The SMILES string of the molecule is CCCc1ccc(-c2ccc(C=CC(F)(F)Oc3ccc(-c4ccc(F)cc4)c(F)c3)cc2)cc1. The minimum Gasteiger partial charge on any atom is -0.429 e. The van der Waals surface area contributed by atoms with E-state index < -0.39 is 17.7 Å². The van der Waals surface area contributed by atoms with Crippen LogP contribution in [0, 0.1) is 11.6 Å². The second-order valence-corrected chi connectivity index (χ2v) is 8.21. The maximum atomic E-state index is 14.5. The lowest BCUT2D eigenvalue weighted by Crippen LogP contribution is -2.21. The van der Waals surface area contributed by atoms with Crippen LogP contribution in [0.2, 0.25) is 0 Å². The van der Waals surface area contributed by atoms with E-state index in [0.29, 0.717) is 17.2 Å². The van der Waals surface area contributed by atoms with Gasteiger partial charge in [-0.05, 0) is 64.6 Å². The summed E-state index contributed by atoms with van der Waals surface area (Å²) in [4.78, 5) is 0. The van der Waals surface area contributed by atoms with Crippen molar-refractivity contribution in [2.24, 2.45) is 0 Å². The quantitative estimate of drug-likeness (QED) is 0.231. The molecule has 0 aliphatic rings. The summed E-state index contributed by atoms with van der Waals surface area (Å²) in [6.07, 6.45) is 0.374. The Kier molecular flexibility index (Phi) is 7.35. The zero-order chi connectivity index (χ0) is 24.8. The second kappa shape index (κ2) is 10.6. The molecule has 0 fully saturated rings. The van der Waals surface area contributed by atoms with Crippen molar-refractivity contribution in [1.29, 1.82) is 0 Å². The first-order valence-corrected chi connectivity index (χ1v) is 11.3. The van der Waals surface area contributed by atoms with Crippen LogP contribution >= 0.6 is 0 Å². The molecule has 0 saturated heterocycles. The zero-order valence-corrected chi connectivity index (χ0v) is 19.1. The maximum absolute atomic E-state index is 14.5. The second-order valence-electron chi connectivity index (χ2n) is 8.21. The smallest absolute Gasteiger partial charge is 0.419 e. The first kappa shape index (κ1) is 24.3. The average molecular weight is 477 g/mol. The molecule has 0 aliphatic carbocycles. The Morgan fingerprint density at radius 2 is 1.34 bits per heavy atom. The lowest BCUT2D eigenvalue weighted by Gasteiger charge is -2.15. The normalized spacial score (nSPS) is 11.7. The van der Waals surface area contributed by atoms with Crippen LogP contribution in [0.3, 0.4) is 0 Å². The molecule has 1 nitrogen and oxygen atoms in total. The minimum atomic E-state index is -3.64. The summed E-state index contributed by atoms with van der Waals surface area (Å²) >= 11 is 0. The van der Waals surface area contributed by atoms with Gasteiger partial charge in [-0.2, -0.15) is 8.78 Å². The van der Waals surface area contributed by atoms with Gasteiger partial charge in [-0.1, -0.05) is 74.0 Å². The number of hydrogen-bond donors (Lipinski definition) is 0. The van der Waals surface area contributed by atoms with Crippen molar-refractivity contribution in [1.82, 2.24) is 0 Å². The van der Waals surface area contributed by atoms with Crippen molar-refractivity contribution in [2.75, 3.05) is 0 Å². The van der Waals surface area contributed by atoms with E-state index in [1.54, 1.807) is 12.1 Å². The standard InChI is InChI=1S/C30H24F4O/c1-2-3-21-4-8-23(9-5-21)24-10-6-22(7-11-24)18-19-30(33,34)35-27-16-17-28(29(32)20-27)25-12-14-26(31)15-13-25/h4-20H,2-3H2,1H3. The minimum absolute atomic E-state index is 0.163. The van der Waals surface area contributed by atoms with Gasteiger partial charge in [-0.25, -0.2) is 8.78 Å². The Morgan fingerprint density at radius 3 is 1.94 bits per heavy atom. The van der Waals surface area contributed by atoms with Gasteiger partial charge in [-0.15, -0.1) is 0 Å². The molecule has 5 heteroatoms. The summed E-state index contributed by atoms with van der Waals surface area (Å²) in [6, 6.07) is 24.2. The van der Waals surface area contributed by atoms with Gasteiger partial charge in [0.1, 0.15) is 17.4 Å². The number of rotatable bonds is 8. The summed E-state index contributed by atoms with van der Waals surface area (Å²) in [7, 11) is 0. The highest BCUT2D eigenvalue weighted by Crippen LogP contribution is 2.30. The molecule has 0 aliphatic heterocycles. The summed E-state index contributed by atoms with van der Waals surface area (Å²) in [5.41, 5.74) is 4.50. The van der Waals surface area contributed by atoms with Crippen molar-refractivity contribution in [3.63, 3.8) is 0 Å². The fourth-order valence-corrected chi connectivity index (χ4v) is 3.75. The van der Waals surface area contributed by atoms with Crippen LogP contribution in [0.1, 0.15) is 24.5 Å². The summed E-state index contributed by atoms with van der Waals surface area (Å²) < 4.78 is 61.0. The van der Waals surface area contributed by atoms with Gasteiger partial charge >= 0.3 is 6.11 Å². The number of benzene rings is 4. The lowest BCUT2D eigenvalue weighted by molar-refractivity contribution is -0.131. The van der Waals surface area contributed by atoms with Crippen LogP contribution < -0.4 is 4.74 Å². The van der Waals surface area contributed by atoms with Crippen molar-refractivity contribution in [2.45, 2.75) is 25.9 Å². The molecular weight excluding hydrogens is 452 g/mol. The number of alkyl halides is 2. The predicted molar refractivity (Wildman–Crippen MR) is 132 cm³/mol. The fourth-order valence-electron chi connectivity index (χ4n) is 3.75. The molecule has 0 spiro atoms. The topological polar surface area (TPSA) is 9.23 Å². The van der Waals surface area contributed by atoms with Gasteiger partial charge in [0.25, 0.3) is 0 Å². The van der Waals surface area contributed by atoms with Crippen LogP contribution in [0.4, 0.5) is 17.6 Å². The molecule has 0 aromatic heterocycles. The molecule has 0 amide bonds. The van der Waals surface area contributed by atoms with Crippen molar-refractivity contribution < 1.29 is 22.3 Å². The molecule has 0 bridgehead atoms. The Balaban J connectivity index is 1.42. The summed E-state index contributed by atoms with van der Waals surface area (Å²) in [5, 5.41) is 0. The molecule has 0 unspecified atom stereocenters. The van der Waals surface area contributed by atoms with Crippen molar-refractivity contribution in [3.05, 3.63) is 120 Å². The Morgan fingerprint density at radius 1 is 0.743 bits per heavy atom. The number of aryl methyl sites for hydroxylation is 1. The van der Waals surface area contributed by atoms with E-state index in [1.807, 2.05) is 12.1 Å². The third kappa shape index (κ3) is 6.38. The first-order chi connectivity index (χ1) is 16.8. The van der Waals surface area contributed by atoms with E-state index in [2.05, 4.69) is 31.2 Å². The molecule has 4 rings (SSSR count). The van der Waals surface area contributed by atoms with Crippen molar-refractivity contribution >= 4 is 6.08 Å². The molecule has 4 aromatic carbocycles. The number of ether oxygens (including phenoxy) is 1. The largest absolute Gasteiger partial charge is 0.429 e. The molecule has 35 heavy (non-hydrogen) atoms. The molecule has 4 aromatic rings. The number of halogens is 4. The van der Waals surface area contributed by atoms with Crippen LogP contribution in [-0.4, -0.2) is 6.11 Å². The molecule has 178 valence electrons. The average Bonchev–Trinajstić information content (AvgIpc) is 2.85. The summed E-state index contributed by atoms with van der Waals surface area (Å²) in [5.74, 6) is -1.51. The van der Waals surface area contributed by atoms with Gasteiger partial charge < -0.3 is 4.74 Å². The van der Waals surface area contributed by atoms with E-state index in [-0.39, 0.29) is 11.3 Å².